The van der Waals surface area contributed by atoms with Gasteiger partial charge in [0.25, 0.3) is 5.97 Å². The molecule has 5 nitrogen and oxygen atoms in total. The van der Waals surface area contributed by atoms with Crippen LogP contribution in [-0.4, -0.2) is 46.6 Å². The lowest BCUT2D eigenvalue weighted by atomic mass is 10.3. The van der Waals surface area contributed by atoms with Crippen LogP contribution in [0.4, 0.5) is 0 Å². The Morgan fingerprint density at radius 1 is 1.36 bits per heavy atom. The van der Waals surface area contributed by atoms with Gasteiger partial charge in [-0.3, -0.25) is 4.79 Å². The number of aliphatic hydroxyl groups is 2. The molecule has 0 saturated carbocycles. The van der Waals surface area contributed by atoms with E-state index in [1.54, 1.807) is 0 Å². The number of hydrogen-bond donors (Lipinski definition) is 4. The summed E-state index contributed by atoms with van der Waals surface area (Å²) in [5.41, 5.74) is 0. The summed E-state index contributed by atoms with van der Waals surface area (Å²) >= 11 is 0. The molecule has 4 N–H and O–H groups in total. The van der Waals surface area contributed by atoms with E-state index in [1.807, 2.05) is 0 Å². The number of carbonyl (C=O) groups is 1. The van der Waals surface area contributed by atoms with E-state index in [0.717, 1.165) is 6.92 Å². The molecule has 0 radical (unpaired) electrons. The molecule has 1 saturated heterocycles. The molecular weight excluding hydrogens is 150 g/mol. The summed E-state index contributed by atoms with van der Waals surface area (Å²) in [6.45, 7) is 2.14. The normalized spacial score (nSPS) is 29.0. The van der Waals surface area contributed by atoms with Gasteiger partial charge in [-0.15, -0.1) is 0 Å². The zero-order chi connectivity index (χ0) is 8.85. The summed E-state index contributed by atoms with van der Waals surface area (Å²) in [6, 6.07) is 0. The van der Waals surface area contributed by atoms with Crippen LogP contribution >= 0.6 is 0 Å². The monoisotopic (exact) mass is 163 g/mol. The van der Waals surface area contributed by atoms with Crippen molar-refractivity contribution in [1.82, 2.24) is 5.32 Å². The molecule has 0 aliphatic carbocycles. The van der Waals surface area contributed by atoms with Crippen molar-refractivity contribution in [3.8, 4) is 0 Å². The Morgan fingerprint density at radius 2 is 1.64 bits per heavy atom. The molecule has 0 aromatic rings. The van der Waals surface area contributed by atoms with E-state index in [4.69, 9.17) is 20.1 Å². The van der Waals surface area contributed by atoms with Crippen molar-refractivity contribution in [2.75, 3.05) is 13.1 Å². The van der Waals surface area contributed by atoms with Crippen LogP contribution in [-0.2, 0) is 4.79 Å². The van der Waals surface area contributed by atoms with Gasteiger partial charge < -0.3 is 20.6 Å². The summed E-state index contributed by atoms with van der Waals surface area (Å²) in [4.78, 5) is 9.00. The molecule has 0 unspecified atom stereocenters. The van der Waals surface area contributed by atoms with Crippen LogP contribution in [0, 0.1) is 0 Å². The van der Waals surface area contributed by atoms with Gasteiger partial charge in [-0.25, -0.2) is 0 Å². The molecule has 0 aromatic heterocycles. The summed E-state index contributed by atoms with van der Waals surface area (Å²) < 4.78 is 0. The quantitative estimate of drug-likeness (QED) is 0.345. The average molecular weight is 163 g/mol. The number of hydrogen-bond acceptors (Lipinski definition) is 4. The number of rotatable bonds is 0. The fourth-order valence-electron chi connectivity index (χ4n) is 0.651. The molecule has 11 heavy (non-hydrogen) atoms. The highest BCUT2D eigenvalue weighted by Crippen LogP contribution is 1.96. The van der Waals surface area contributed by atoms with Crippen molar-refractivity contribution in [3.63, 3.8) is 0 Å². The van der Waals surface area contributed by atoms with Crippen LogP contribution in [0.15, 0.2) is 0 Å². The molecule has 1 rings (SSSR count). The third-order valence-corrected chi connectivity index (χ3v) is 1.15. The zero-order valence-electron chi connectivity index (χ0n) is 6.32. The van der Waals surface area contributed by atoms with Gasteiger partial charge in [-0.2, -0.15) is 0 Å². The molecule has 1 aliphatic heterocycles. The first-order valence-corrected chi connectivity index (χ1v) is 3.30. The van der Waals surface area contributed by atoms with Gasteiger partial charge in [-0.1, -0.05) is 0 Å². The predicted molar refractivity (Wildman–Crippen MR) is 38.2 cm³/mol. The first kappa shape index (κ1) is 10.3. The van der Waals surface area contributed by atoms with Crippen molar-refractivity contribution in [2.45, 2.75) is 19.1 Å². The molecule has 1 fully saturated rings. The summed E-state index contributed by atoms with van der Waals surface area (Å²) in [5.74, 6) is -0.833. The first-order valence-electron chi connectivity index (χ1n) is 3.30. The Bertz CT molecular complexity index is 116. The van der Waals surface area contributed by atoms with E-state index in [1.165, 1.54) is 0 Å². The van der Waals surface area contributed by atoms with Crippen LogP contribution in [0.3, 0.4) is 0 Å². The van der Waals surface area contributed by atoms with Crippen molar-refractivity contribution >= 4 is 5.97 Å². The second-order valence-electron chi connectivity index (χ2n) is 2.31. The molecule has 0 aromatic carbocycles. The highest BCUT2D eigenvalue weighted by atomic mass is 16.4. The molecule has 2 atom stereocenters. The Morgan fingerprint density at radius 3 is 1.73 bits per heavy atom. The van der Waals surface area contributed by atoms with E-state index < -0.39 is 18.2 Å². The average Bonchev–Trinajstić information content (AvgIpc) is 2.15. The summed E-state index contributed by atoms with van der Waals surface area (Å²) in [6.07, 6.45) is -1.08. The molecule has 0 amide bonds. The highest BCUT2D eigenvalue weighted by molar-refractivity contribution is 5.62. The summed E-state index contributed by atoms with van der Waals surface area (Å²) in [7, 11) is 0. The standard InChI is InChI=1S/C4H9NO2.C2H4O2/c6-3-1-5-2-4(3)7;1-2(3)4/h3-7H,1-2H2;1H3,(H,3,4)/t3-,4-;/m0./s1. The van der Waals surface area contributed by atoms with E-state index in [2.05, 4.69) is 5.32 Å². The van der Waals surface area contributed by atoms with E-state index >= 15 is 0 Å². The molecule has 66 valence electrons. The predicted octanol–water partition coefficient (Wildman–Crippen LogP) is -1.60. The van der Waals surface area contributed by atoms with Crippen molar-refractivity contribution < 1.29 is 20.1 Å². The van der Waals surface area contributed by atoms with Crippen molar-refractivity contribution in [3.05, 3.63) is 0 Å². The van der Waals surface area contributed by atoms with E-state index in [0.29, 0.717) is 13.1 Å². The van der Waals surface area contributed by atoms with Gasteiger partial charge >= 0.3 is 0 Å². The number of aliphatic hydroxyl groups excluding tert-OH is 2. The number of β-amino-alcohol motifs (C(OH)–C–C–N with tert-alkyl or cyclic N) is 2. The largest absolute Gasteiger partial charge is 0.481 e. The lowest BCUT2D eigenvalue weighted by molar-refractivity contribution is -0.134. The topological polar surface area (TPSA) is 89.8 Å². The van der Waals surface area contributed by atoms with Gasteiger partial charge in [0, 0.05) is 20.0 Å². The Kier molecular flexibility index (Phi) is 4.76. The minimum Gasteiger partial charge on any atom is -0.481 e. The van der Waals surface area contributed by atoms with E-state index in [9.17, 15) is 0 Å². The number of carboxylic acid groups (broad SMARTS) is 1. The maximum atomic E-state index is 9.00. The molecule has 0 spiro atoms. The Hall–Kier alpha value is -0.650. The zero-order valence-corrected chi connectivity index (χ0v) is 6.32. The fraction of sp³-hybridized carbons (Fsp3) is 0.833. The maximum Gasteiger partial charge on any atom is 0.300 e. The number of aliphatic carboxylic acids is 1. The van der Waals surface area contributed by atoms with E-state index in [-0.39, 0.29) is 0 Å². The lowest BCUT2D eigenvalue weighted by Crippen LogP contribution is -2.22. The third kappa shape index (κ3) is 5.78. The minimum absolute atomic E-state index is 0.529. The number of nitrogens with one attached hydrogen (secondary N) is 1. The second kappa shape index (κ2) is 5.06. The van der Waals surface area contributed by atoms with Crippen LogP contribution in [0.5, 0.6) is 0 Å². The van der Waals surface area contributed by atoms with Gasteiger partial charge in [0.05, 0.1) is 12.2 Å². The van der Waals surface area contributed by atoms with Crippen LogP contribution in [0.25, 0.3) is 0 Å². The van der Waals surface area contributed by atoms with Crippen LogP contribution < -0.4 is 5.32 Å². The molecule has 5 heteroatoms. The molecule has 0 bridgehead atoms. The summed E-state index contributed by atoms with van der Waals surface area (Å²) in [5, 5.41) is 27.6. The van der Waals surface area contributed by atoms with Gasteiger partial charge in [0.2, 0.25) is 0 Å². The maximum absolute atomic E-state index is 9.00. The van der Waals surface area contributed by atoms with Crippen molar-refractivity contribution in [2.24, 2.45) is 0 Å². The first-order chi connectivity index (χ1) is 5.04. The molecule has 1 heterocycles. The number of carboxylic acids is 1. The fourth-order valence-corrected chi connectivity index (χ4v) is 0.651. The third-order valence-electron chi connectivity index (χ3n) is 1.15. The second-order valence-corrected chi connectivity index (χ2v) is 2.31. The SMILES string of the molecule is CC(=O)O.O[C@H]1CNC[C@@H]1O. The van der Waals surface area contributed by atoms with Crippen molar-refractivity contribution in [1.29, 1.82) is 0 Å². The highest BCUT2D eigenvalue weighted by Gasteiger charge is 2.21. The molecular formula is C6H13NO4. The Labute approximate surface area is 64.7 Å². The minimum atomic E-state index is -0.833. The smallest absolute Gasteiger partial charge is 0.300 e. The van der Waals surface area contributed by atoms with Gasteiger partial charge in [-0.05, 0) is 0 Å². The molecule has 1 aliphatic rings. The van der Waals surface area contributed by atoms with Crippen LogP contribution in [0.1, 0.15) is 6.92 Å². The Balaban J connectivity index is 0.000000218. The van der Waals surface area contributed by atoms with Gasteiger partial charge in [0.1, 0.15) is 0 Å². The van der Waals surface area contributed by atoms with Crippen LogP contribution in [0.2, 0.25) is 0 Å². The van der Waals surface area contributed by atoms with Gasteiger partial charge in [0.15, 0.2) is 0 Å². The lowest BCUT2D eigenvalue weighted by Gasteiger charge is -2.01.